The van der Waals surface area contributed by atoms with Crippen molar-refractivity contribution in [3.05, 3.63) is 285 Å². The molecule has 0 radical (unpaired) electrons. The highest BCUT2D eigenvalue weighted by atomic mass is 16.3. The maximum absolute atomic E-state index is 6.43. The lowest BCUT2D eigenvalue weighted by Crippen LogP contribution is -2.10. The molecule has 0 aliphatic carbocycles. The number of allylic oxidation sites excluding steroid dienone is 5. The summed E-state index contributed by atoms with van der Waals surface area (Å²) in [5.74, 6) is 0. The van der Waals surface area contributed by atoms with E-state index in [0.29, 0.717) is 0 Å². The van der Waals surface area contributed by atoms with Crippen LogP contribution in [0.15, 0.2) is 284 Å². The maximum atomic E-state index is 6.43. The molecular formula is C73H50N2O. The fourth-order valence-corrected chi connectivity index (χ4v) is 11.6. The molecule has 0 spiro atoms. The van der Waals surface area contributed by atoms with E-state index in [2.05, 4.69) is 265 Å². The van der Waals surface area contributed by atoms with Gasteiger partial charge in [-0.3, -0.25) is 0 Å². The van der Waals surface area contributed by atoms with Gasteiger partial charge >= 0.3 is 0 Å². The van der Waals surface area contributed by atoms with Gasteiger partial charge in [-0.15, -0.1) is 0 Å². The highest BCUT2D eigenvalue weighted by molar-refractivity contribution is 6.26. The molecule has 0 fully saturated rings. The minimum absolute atomic E-state index is 0.859. The van der Waals surface area contributed by atoms with E-state index in [1.807, 2.05) is 31.2 Å². The number of para-hydroxylation sites is 1. The second-order valence-corrected chi connectivity index (χ2v) is 19.7. The first-order valence-electron chi connectivity index (χ1n) is 26.0. The molecule has 0 bridgehead atoms. The van der Waals surface area contributed by atoms with E-state index in [-0.39, 0.29) is 0 Å². The molecular weight excluding hydrogens is 921 g/mol. The van der Waals surface area contributed by atoms with Gasteiger partial charge < -0.3 is 13.9 Å². The Labute approximate surface area is 441 Å². The van der Waals surface area contributed by atoms with Crippen molar-refractivity contribution in [3.8, 4) is 39.1 Å². The largest absolute Gasteiger partial charge is 0.456 e. The van der Waals surface area contributed by atoms with E-state index in [1.54, 1.807) is 0 Å². The molecule has 3 heteroatoms. The molecule has 0 aliphatic rings. The van der Waals surface area contributed by atoms with E-state index in [1.165, 1.54) is 65.3 Å². The van der Waals surface area contributed by atoms with E-state index >= 15 is 0 Å². The molecule has 0 aliphatic heterocycles. The van der Waals surface area contributed by atoms with Gasteiger partial charge in [-0.25, -0.2) is 0 Å². The normalized spacial score (nSPS) is 12.0. The summed E-state index contributed by atoms with van der Waals surface area (Å²) in [5, 5.41) is 12.2. The zero-order chi connectivity index (χ0) is 50.7. The van der Waals surface area contributed by atoms with Gasteiger partial charge in [-0.1, -0.05) is 195 Å². The second-order valence-electron chi connectivity index (χ2n) is 19.7. The molecule has 0 atom stereocenters. The van der Waals surface area contributed by atoms with E-state index < -0.39 is 0 Å². The molecule has 2 heterocycles. The molecule has 0 saturated carbocycles. The summed E-state index contributed by atoms with van der Waals surface area (Å²) >= 11 is 0. The third-order valence-electron chi connectivity index (χ3n) is 15.3. The second kappa shape index (κ2) is 18.5. The summed E-state index contributed by atoms with van der Waals surface area (Å²) < 4.78 is 8.83. The molecule has 76 heavy (non-hydrogen) atoms. The molecule has 14 rings (SSSR count). The predicted molar refractivity (Wildman–Crippen MR) is 325 cm³/mol. The average molecular weight is 971 g/mol. The first kappa shape index (κ1) is 44.7. The van der Waals surface area contributed by atoms with Crippen LogP contribution in [0.4, 0.5) is 17.1 Å². The Morgan fingerprint density at radius 3 is 1.54 bits per heavy atom. The van der Waals surface area contributed by atoms with Crippen molar-refractivity contribution in [2.24, 2.45) is 0 Å². The van der Waals surface area contributed by atoms with E-state index in [9.17, 15) is 0 Å². The molecule has 14 aromatic rings. The van der Waals surface area contributed by atoms with Gasteiger partial charge in [0.25, 0.3) is 0 Å². The number of hydrogen-bond donors (Lipinski definition) is 0. The Bertz CT molecular complexity index is 4590. The Balaban J connectivity index is 0.864. The van der Waals surface area contributed by atoms with Crippen molar-refractivity contribution >= 4 is 98.7 Å². The zero-order valence-electron chi connectivity index (χ0n) is 42.0. The topological polar surface area (TPSA) is 21.3 Å². The fraction of sp³-hybridized carbons (Fsp3) is 0.0137. The summed E-state index contributed by atoms with van der Waals surface area (Å²) in [4.78, 5) is 2.35. The lowest BCUT2D eigenvalue weighted by molar-refractivity contribution is 0.669. The number of hydrogen-bond acceptors (Lipinski definition) is 2. The Hall–Kier alpha value is -9.96. The van der Waals surface area contributed by atoms with Crippen LogP contribution in [0.1, 0.15) is 12.5 Å². The molecule has 0 N–H and O–H groups in total. The van der Waals surface area contributed by atoms with Gasteiger partial charge in [0.15, 0.2) is 0 Å². The van der Waals surface area contributed by atoms with Gasteiger partial charge in [0.2, 0.25) is 0 Å². The van der Waals surface area contributed by atoms with Crippen LogP contribution in [-0.2, 0) is 0 Å². The first-order valence-corrected chi connectivity index (χ1v) is 26.0. The summed E-state index contributed by atoms with van der Waals surface area (Å²) in [6.45, 7) is 6.51. The lowest BCUT2D eigenvalue weighted by atomic mass is 9.92. The van der Waals surface area contributed by atoms with Crippen LogP contribution in [0, 0.1) is 0 Å². The summed E-state index contributed by atoms with van der Waals surface area (Å²) in [6.07, 6.45) is 8.21. The zero-order valence-corrected chi connectivity index (χ0v) is 42.0. The average Bonchev–Trinajstić information content (AvgIpc) is 4.06. The molecule has 2 aromatic heterocycles. The minimum Gasteiger partial charge on any atom is -0.456 e. The highest BCUT2D eigenvalue weighted by Gasteiger charge is 2.21. The molecule has 3 nitrogen and oxygen atoms in total. The van der Waals surface area contributed by atoms with E-state index in [0.717, 1.165) is 78.0 Å². The van der Waals surface area contributed by atoms with Gasteiger partial charge in [0.1, 0.15) is 11.2 Å². The number of anilines is 3. The number of nitrogens with zero attached hydrogens (tertiary/aromatic N) is 2. The van der Waals surface area contributed by atoms with Crippen molar-refractivity contribution in [3.63, 3.8) is 0 Å². The first-order chi connectivity index (χ1) is 37.6. The smallest absolute Gasteiger partial charge is 0.137 e. The highest BCUT2D eigenvalue weighted by Crippen LogP contribution is 2.45. The van der Waals surface area contributed by atoms with Crippen molar-refractivity contribution in [2.45, 2.75) is 6.92 Å². The van der Waals surface area contributed by atoms with Crippen molar-refractivity contribution in [1.29, 1.82) is 0 Å². The SMILES string of the molecule is C=C(/C=C\C=C/C)c1ccc2c(c1)c1cc(-c3ccc(N(c4ccc(-c5ccccc5)cc4)c4cccc5oc6ccccc6c45)cc3)ccc1n2-c1ccc(-c2ccc3c4ccccc4c4ccccc4c3c2)cc1. The molecule has 0 amide bonds. The van der Waals surface area contributed by atoms with Crippen LogP contribution in [0.25, 0.3) is 121 Å². The Morgan fingerprint density at radius 1 is 0.395 bits per heavy atom. The van der Waals surface area contributed by atoms with Crippen LogP contribution in [-0.4, -0.2) is 4.57 Å². The number of fused-ring (bicyclic) bond motifs is 12. The van der Waals surface area contributed by atoms with Crippen LogP contribution in [0.2, 0.25) is 0 Å². The van der Waals surface area contributed by atoms with Gasteiger partial charge in [0.05, 0.1) is 22.1 Å². The van der Waals surface area contributed by atoms with Crippen LogP contribution >= 0.6 is 0 Å². The minimum atomic E-state index is 0.859. The van der Waals surface area contributed by atoms with Gasteiger partial charge in [0, 0.05) is 33.2 Å². The van der Waals surface area contributed by atoms with E-state index in [4.69, 9.17) is 4.42 Å². The van der Waals surface area contributed by atoms with Gasteiger partial charge in [-0.2, -0.15) is 0 Å². The molecule has 0 saturated heterocycles. The van der Waals surface area contributed by atoms with Gasteiger partial charge in [-0.05, 0) is 169 Å². The number of aromatic nitrogens is 1. The summed E-state index contributed by atoms with van der Waals surface area (Å²) in [7, 11) is 0. The van der Waals surface area contributed by atoms with Crippen LogP contribution < -0.4 is 4.90 Å². The lowest BCUT2D eigenvalue weighted by Gasteiger charge is -2.26. The summed E-state index contributed by atoms with van der Waals surface area (Å²) in [5.41, 5.74) is 17.4. The number of rotatable bonds is 10. The van der Waals surface area contributed by atoms with Crippen LogP contribution in [0.3, 0.4) is 0 Å². The quantitative estimate of drug-likeness (QED) is 0.101. The third-order valence-corrected chi connectivity index (χ3v) is 15.3. The van der Waals surface area contributed by atoms with Crippen LogP contribution in [0.5, 0.6) is 0 Å². The standard InChI is InChI=1S/C73H50N2O/c1-3-4-6-16-48(2)53-34-43-68-66(45-53)67-47-55(35-44-69(67)75(68)58-40-31-51(32-41-58)54-33-42-63-61-21-10-9-19-59(61)60-20-11-12-22-62(60)65(63)46-54)52-29-38-57(39-30-52)74(56-36-27-50(28-37-56)49-17-7-5-8-18-49)70-24-15-26-72-73(70)64-23-13-14-25-71(64)76-72/h3-47H,2H2,1H3/b4-3-,16-6-. The molecule has 0 unspecified atom stereocenters. The Kier molecular flexibility index (Phi) is 10.9. The van der Waals surface area contributed by atoms with Crippen molar-refractivity contribution in [1.82, 2.24) is 4.57 Å². The third kappa shape index (κ3) is 7.60. The Morgan fingerprint density at radius 2 is 0.882 bits per heavy atom. The van der Waals surface area contributed by atoms with Crippen molar-refractivity contribution < 1.29 is 4.42 Å². The van der Waals surface area contributed by atoms with Crippen molar-refractivity contribution in [2.75, 3.05) is 4.90 Å². The monoisotopic (exact) mass is 970 g/mol. The summed E-state index contributed by atoms with van der Waals surface area (Å²) in [6, 6.07) is 90.4. The predicted octanol–water partition coefficient (Wildman–Crippen LogP) is 20.8. The maximum Gasteiger partial charge on any atom is 0.137 e. The number of benzene rings is 12. The molecule has 358 valence electrons. The molecule has 12 aromatic carbocycles. The number of furan rings is 1. The fourth-order valence-electron chi connectivity index (χ4n) is 11.6.